The van der Waals surface area contributed by atoms with E-state index in [0.717, 1.165) is 37.4 Å². The largest absolute Gasteiger partial charge is 0.497 e. The molecule has 0 bridgehead atoms. The molecule has 2 heterocycles. The van der Waals surface area contributed by atoms with Crippen molar-refractivity contribution in [2.24, 2.45) is 0 Å². The van der Waals surface area contributed by atoms with Crippen LogP contribution in [0.4, 0.5) is 0 Å². The summed E-state index contributed by atoms with van der Waals surface area (Å²) in [5.41, 5.74) is 1.16. The number of thiophene rings is 1. The Bertz CT molecular complexity index is 625. The fourth-order valence-corrected chi connectivity index (χ4v) is 3.66. The van der Waals surface area contributed by atoms with Gasteiger partial charge in [-0.2, -0.15) is 0 Å². The Labute approximate surface area is 141 Å². The van der Waals surface area contributed by atoms with Crippen LogP contribution >= 0.6 is 11.3 Å². The quantitative estimate of drug-likeness (QED) is 0.916. The second kappa shape index (κ2) is 7.62. The third-order valence-corrected chi connectivity index (χ3v) is 5.17. The number of carbonyl (C=O) groups is 1. The van der Waals surface area contributed by atoms with Crippen molar-refractivity contribution in [3.8, 4) is 5.75 Å². The van der Waals surface area contributed by atoms with Gasteiger partial charge in [-0.05, 0) is 35.6 Å². The molecule has 1 unspecified atom stereocenters. The molecule has 1 fully saturated rings. The van der Waals surface area contributed by atoms with Gasteiger partial charge in [0.15, 0.2) is 0 Å². The Hall–Kier alpha value is -1.85. The van der Waals surface area contributed by atoms with Gasteiger partial charge in [0.25, 0.3) is 0 Å². The Balaban J connectivity index is 1.68. The zero-order valence-corrected chi connectivity index (χ0v) is 14.1. The standard InChI is InChI=1S/C18H22N2O2S/c1-22-15-6-4-14(5-7-15)17-13-19-10-11-20(17)18(21)9-8-16-3-2-12-23-16/h2-7,12,17,19H,8-11,13H2,1H3. The van der Waals surface area contributed by atoms with Crippen LogP contribution in [0.3, 0.4) is 0 Å². The SMILES string of the molecule is COc1ccc(C2CNCCN2C(=O)CCc2cccs2)cc1. The molecular weight excluding hydrogens is 308 g/mol. The summed E-state index contributed by atoms with van der Waals surface area (Å²) in [6.07, 6.45) is 1.41. The molecule has 3 rings (SSSR count). The third kappa shape index (κ3) is 3.92. The summed E-state index contributed by atoms with van der Waals surface area (Å²) in [5.74, 6) is 1.08. The van der Waals surface area contributed by atoms with Crippen molar-refractivity contribution in [1.29, 1.82) is 0 Å². The lowest BCUT2D eigenvalue weighted by Crippen LogP contribution is -2.48. The molecule has 1 saturated heterocycles. The van der Waals surface area contributed by atoms with E-state index in [1.165, 1.54) is 4.88 Å². The number of piperazine rings is 1. The van der Waals surface area contributed by atoms with Gasteiger partial charge in [0, 0.05) is 30.9 Å². The Morgan fingerprint density at radius 2 is 2.17 bits per heavy atom. The highest BCUT2D eigenvalue weighted by molar-refractivity contribution is 7.09. The fourth-order valence-electron chi connectivity index (χ4n) is 2.96. The van der Waals surface area contributed by atoms with Crippen molar-refractivity contribution in [2.45, 2.75) is 18.9 Å². The van der Waals surface area contributed by atoms with Crippen molar-refractivity contribution in [3.63, 3.8) is 0 Å². The van der Waals surface area contributed by atoms with Gasteiger partial charge in [0.05, 0.1) is 13.2 Å². The number of carbonyl (C=O) groups excluding carboxylic acids is 1. The maximum Gasteiger partial charge on any atom is 0.223 e. The topological polar surface area (TPSA) is 41.6 Å². The number of amides is 1. The molecule has 1 aliphatic rings. The highest BCUT2D eigenvalue weighted by atomic mass is 32.1. The van der Waals surface area contributed by atoms with Gasteiger partial charge in [-0.1, -0.05) is 18.2 Å². The molecule has 1 aromatic heterocycles. The van der Waals surface area contributed by atoms with Crippen molar-refractivity contribution in [2.75, 3.05) is 26.7 Å². The average Bonchev–Trinajstić information content (AvgIpc) is 3.13. The molecule has 122 valence electrons. The molecule has 2 aromatic rings. The van der Waals surface area contributed by atoms with E-state index in [9.17, 15) is 4.79 Å². The van der Waals surface area contributed by atoms with E-state index in [2.05, 4.69) is 28.9 Å². The molecule has 1 amide bonds. The van der Waals surface area contributed by atoms with Gasteiger partial charge in [0.2, 0.25) is 5.91 Å². The van der Waals surface area contributed by atoms with Crippen molar-refractivity contribution >= 4 is 17.2 Å². The molecule has 1 aromatic carbocycles. The first-order chi connectivity index (χ1) is 11.3. The maximum atomic E-state index is 12.7. The predicted octanol–water partition coefficient (Wildman–Crippen LogP) is 2.86. The molecule has 1 atom stereocenters. The number of nitrogens with zero attached hydrogens (tertiary/aromatic N) is 1. The van der Waals surface area contributed by atoms with Crippen LogP contribution in [0.2, 0.25) is 0 Å². The number of aryl methyl sites for hydroxylation is 1. The van der Waals surface area contributed by atoms with E-state index in [0.29, 0.717) is 6.42 Å². The molecule has 0 spiro atoms. The van der Waals surface area contributed by atoms with E-state index in [1.807, 2.05) is 23.1 Å². The summed E-state index contributed by atoms with van der Waals surface area (Å²) in [6, 6.07) is 12.2. The number of hydrogen-bond donors (Lipinski definition) is 1. The van der Waals surface area contributed by atoms with Crippen LogP contribution in [0.25, 0.3) is 0 Å². The molecular formula is C18H22N2O2S. The first kappa shape index (κ1) is 16.0. The summed E-state index contributed by atoms with van der Waals surface area (Å²) in [7, 11) is 1.66. The van der Waals surface area contributed by atoms with Crippen LogP contribution in [0.5, 0.6) is 5.75 Å². The second-order valence-electron chi connectivity index (χ2n) is 5.66. The van der Waals surface area contributed by atoms with Crippen LogP contribution in [-0.4, -0.2) is 37.6 Å². The Kier molecular flexibility index (Phi) is 5.31. The Morgan fingerprint density at radius 1 is 1.35 bits per heavy atom. The fraction of sp³-hybridized carbons (Fsp3) is 0.389. The summed E-state index contributed by atoms with van der Waals surface area (Å²) < 4.78 is 5.22. The number of nitrogens with one attached hydrogen (secondary N) is 1. The van der Waals surface area contributed by atoms with Gasteiger partial charge < -0.3 is 15.0 Å². The van der Waals surface area contributed by atoms with Crippen LogP contribution in [0.1, 0.15) is 22.9 Å². The molecule has 5 heteroatoms. The van der Waals surface area contributed by atoms with E-state index >= 15 is 0 Å². The summed E-state index contributed by atoms with van der Waals surface area (Å²) in [5, 5.41) is 5.45. The normalized spacial score (nSPS) is 18.0. The zero-order chi connectivity index (χ0) is 16.1. The first-order valence-electron chi connectivity index (χ1n) is 7.94. The van der Waals surface area contributed by atoms with Gasteiger partial charge in [-0.15, -0.1) is 11.3 Å². The van der Waals surface area contributed by atoms with E-state index in [-0.39, 0.29) is 11.9 Å². The predicted molar refractivity (Wildman–Crippen MR) is 93.0 cm³/mol. The van der Waals surface area contributed by atoms with Crippen molar-refractivity contribution in [1.82, 2.24) is 10.2 Å². The number of ether oxygens (including phenoxy) is 1. The van der Waals surface area contributed by atoms with Gasteiger partial charge in [0.1, 0.15) is 5.75 Å². The first-order valence-corrected chi connectivity index (χ1v) is 8.82. The minimum atomic E-state index is 0.102. The number of benzene rings is 1. The molecule has 0 saturated carbocycles. The number of hydrogen-bond acceptors (Lipinski definition) is 4. The summed E-state index contributed by atoms with van der Waals surface area (Å²) >= 11 is 1.72. The van der Waals surface area contributed by atoms with Crippen LogP contribution in [-0.2, 0) is 11.2 Å². The average molecular weight is 330 g/mol. The van der Waals surface area contributed by atoms with Crippen LogP contribution in [0, 0.1) is 0 Å². The van der Waals surface area contributed by atoms with Gasteiger partial charge in [-0.25, -0.2) is 0 Å². The van der Waals surface area contributed by atoms with Gasteiger partial charge >= 0.3 is 0 Å². The number of rotatable bonds is 5. The summed E-state index contributed by atoms with van der Waals surface area (Å²) in [4.78, 5) is 16.0. The minimum Gasteiger partial charge on any atom is -0.497 e. The molecule has 0 aliphatic carbocycles. The smallest absolute Gasteiger partial charge is 0.223 e. The molecule has 23 heavy (non-hydrogen) atoms. The lowest BCUT2D eigenvalue weighted by Gasteiger charge is -2.36. The van der Waals surface area contributed by atoms with E-state index in [4.69, 9.17) is 4.74 Å². The lowest BCUT2D eigenvalue weighted by molar-refractivity contribution is -0.134. The lowest BCUT2D eigenvalue weighted by atomic mass is 10.0. The molecule has 4 nitrogen and oxygen atoms in total. The van der Waals surface area contributed by atoms with E-state index < -0.39 is 0 Å². The van der Waals surface area contributed by atoms with Crippen LogP contribution in [0.15, 0.2) is 41.8 Å². The number of methoxy groups -OCH3 is 1. The highest BCUT2D eigenvalue weighted by Crippen LogP contribution is 2.25. The Morgan fingerprint density at radius 3 is 2.87 bits per heavy atom. The van der Waals surface area contributed by atoms with Crippen molar-refractivity contribution < 1.29 is 9.53 Å². The second-order valence-corrected chi connectivity index (χ2v) is 6.69. The maximum absolute atomic E-state index is 12.7. The molecule has 0 radical (unpaired) electrons. The summed E-state index contributed by atoms with van der Waals surface area (Å²) in [6.45, 7) is 2.43. The zero-order valence-electron chi connectivity index (χ0n) is 13.3. The highest BCUT2D eigenvalue weighted by Gasteiger charge is 2.27. The molecule has 1 N–H and O–H groups in total. The molecule has 1 aliphatic heterocycles. The van der Waals surface area contributed by atoms with Gasteiger partial charge in [-0.3, -0.25) is 4.79 Å². The third-order valence-electron chi connectivity index (χ3n) is 4.23. The minimum absolute atomic E-state index is 0.102. The van der Waals surface area contributed by atoms with E-state index in [1.54, 1.807) is 18.4 Å². The monoisotopic (exact) mass is 330 g/mol. The van der Waals surface area contributed by atoms with Crippen molar-refractivity contribution in [3.05, 3.63) is 52.2 Å². The van der Waals surface area contributed by atoms with Crippen LogP contribution < -0.4 is 10.1 Å².